The van der Waals surface area contributed by atoms with Crippen LogP contribution in [0.15, 0.2) is 42.4 Å². The third kappa shape index (κ3) is 4.88. The number of sulfone groups is 1. The standard InChI is InChI=1S/C24H30Br4O4S/c25-19-11-17(13-23(27,21(19)29)15-7-3-1-4-8-15)33(31,32)18-12-20(26)22(30)24(28,14-18)16-9-5-2-6-10-16/h13-16,29-30H,1-12H2. The molecule has 9 heteroatoms. The molecule has 0 saturated heterocycles. The van der Waals surface area contributed by atoms with E-state index in [-0.39, 0.29) is 36.2 Å². The maximum atomic E-state index is 14.0. The van der Waals surface area contributed by atoms with Gasteiger partial charge in [-0.2, -0.15) is 0 Å². The van der Waals surface area contributed by atoms with Gasteiger partial charge in [-0.15, -0.1) is 0 Å². The van der Waals surface area contributed by atoms with Crippen molar-refractivity contribution in [2.75, 3.05) is 0 Å². The van der Waals surface area contributed by atoms with Crippen molar-refractivity contribution in [3.05, 3.63) is 42.4 Å². The smallest absolute Gasteiger partial charge is 0.199 e. The Labute approximate surface area is 230 Å². The summed E-state index contributed by atoms with van der Waals surface area (Å²) in [7, 11) is -3.81. The molecule has 2 fully saturated rings. The molecule has 0 aliphatic heterocycles. The summed E-state index contributed by atoms with van der Waals surface area (Å²) in [5, 5.41) is 21.9. The largest absolute Gasteiger partial charge is 0.510 e. The molecule has 2 N–H and O–H groups in total. The van der Waals surface area contributed by atoms with Gasteiger partial charge in [-0.1, -0.05) is 102 Å². The van der Waals surface area contributed by atoms with Crippen molar-refractivity contribution in [3.8, 4) is 0 Å². The fourth-order valence-corrected chi connectivity index (χ4v) is 11.9. The molecule has 0 aromatic rings. The zero-order chi connectivity index (χ0) is 24.0. The lowest BCUT2D eigenvalue weighted by molar-refractivity contribution is 0.267. The molecular weight excluding hydrogens is 704 g/mol. The first-order valence-electron chi connectivity index (χ1n) is 11.7. The molecule has 2 saturated carbocycles. The van der Waals surface area contributed by atoms with Crippen molar-refractivity contribution in [2.45, 2.75) is 85.7 Å². The number of rotatable bonds is 4. The van der Waals surface area contributed by atoms with Crippen molar-refractivity contribution < 1.29 is 18.6 Å². The molecule has 0 aromatic carbocycles. The molecule has 2 unspecified atom stereocenters. The highest BCUT2D eigenvalue weighted by molar-refractivity contribution is 9.12. The van der Waals surface area contributed by atoms with E-state index in [1.54, 1.807) is 12.2 Å². The van der Waals surface area contributed by atoms with Gasteiger partial charge in [0, 0.05) is 21.8 Å². The van der Waals surface area contributed by atoms with Gasteiger partial charge < -0.3 is 10.2 Å². The highest BCUT2D eigenvalue weighted by Crippen LogP contribution is 2.53. The summed E-state index contributed by atoms with van der Waals surface area (Å²) in [6, 6.07) is 0. The van der Waals surface area contributed by atoms with E-state index in [2.05, 4.69) is 63.7 Å². The van der Waals surface area contributed by atoms with Crippen LogP contribution in [0.3, 0.4) is 0 Å². The molecule has 4 aliphatic rings. The Balaban J connectivity index is 1.74. The molecule has 4 nitrogen and oxygen atoms in total. The van der Waals surface area contributed by atoms with Gasteiger partial charge in [-0.3, -0.25) is 0 Å². The molecule has 0 heterocycles. The van der Waals surface area contributed by atoms with Gasteiger partial charge in [0.15, 0.2) is 9.84 Å². The number of halogens is 4. The number of hydrogen-bond donors (Lipinski definition) is 2. The summed E-state index contributed by atoms with van der Waals surface area (Å²) in [6.07, 6.45) is 14.1. The van der Waals surface area contributed by atoms with E-state index in [0.29, 0.717) is 18.8 Å². The number of hydrogen-bond acceptors (Lipinski definition) is 4. The summed E-state index contributed by atoms with van der Waals surface area (Å²) in [4.78, 5) is 0.585. The monoisotopic (exact) mass is 730 g/mol. The van der Waals surface area contributed by atoms with E-state index in [1.165, 1.54) is 12.8 Å². The summed E-state index contributed by atoms with van der Waals surface area (Å²) < 4.78 is 27.2. The Morgan fingerprint density at radius 3 is 1.36 bits per heavy atom. The molecule has 0 spiro atoms. The van der Waals surface area contributed by atoms with Gasteiger partial charge in [0.25, 0.3) is 0 Å². The first-order chi connectivity index (χ1) is 15.5. The molecule has 0 bridgehead atoms. The van der Waals surface area contributed by atoms with Crippen molar-refractivity contribution in [3.63, 3.8) is 0 Å². The highest BCUT2D eigenvalue weighted by atomic mass is 79.9. The van der Waals surface area contributed by atoms with Crippen LogP contribution in [0.4, 0.5) is 0 Å². The predicted molar refractivity (Wildman–Crippen MR) is 148 cm³/mol. The minimum atomic E-state index is -3.81. The van der Waals surface area contributed by atoms with Crippen LogP contribution in [-0.2, 0) is 9.84 Å². The van der Waals surface area contributed by atoms with Gasteiger partial charge in [0.1, 0.15) is 20.2 Å². The minimum Gasteiger partial charge on any atom is -0.510 e. The molecule has 0 amide bonds. The third-order valence-corrected chi connectivity index (χ3v) is 13.5. The van der Waals surface area contributed by atoms with Gasteiger partial charge in [-0.25, -0.2) is 8.42 Å². The normalized spacial score (nSPS) is 33.2. The van der Waals surface area contributed by atoms with Crippen LogP contribution >= 0.6 is 63.7 Å². The summed E-state index contributed by atoms with van der Waals surface area (Å²) in [5.41, 5.74) is 0. The lowest BCUT2D eigenvalue weighted by Crippen LogP contribution is -2.38. The molecule has 2 atom stereocenters. The van der Waals surface area contributed by atoms with Crippen LogP contribution in [0.5, 0.6) is 0 Å². The quantitative estimate of drug-likeness (QED) is 0.284. The second-order valence-electron chi connectivity index (χ2n) is 9.79. The van der Waals surface area contributed by atoms with Gasteiger partial charge in [0.05, 0.1) is 9.81 Å². The van der Waals surface area contributed by atoms with Crippen LogP contribution < -0.4 is 0 Å². The van der Waals surface area contributed by atoms with E-state index < -0.39 is 18.5 Å². The molecule has 4 aliphatic carbocycles. The molecule has 0 aromatic heterocycles. The van der Waals surface area contributed by atoms with Gasteiger partial charge in [0.2, 0.25) is 0 Å². The number of alkyl halides is 2. The van der Waals surface area contributed by atoms with Crippen molar-refractivity contribution >= 4 is 73.6 Å². The third-order valence-electron chi connectivity index (χ3n) is 7.73. The van der Waals surface area contributed by atoms with Crippen LogP contribution in [0.25, 0.3) is 0 Å². The summed E-state index contributed by atoms with van der Waals surface area (Å²) in [5.74, 6) is 0.638. The maximum absolute atomic E-state index is 14.0. The molecule has 0 radical (unpaired) electrons. The molecule has 4 rings (SSSR count). The average Bonchev–Trinajstić information content (AvgIpc) is 2.81. The Morgan fingerprint density at radius 1 is 0.697 bits per heavy atom. The minimum absolute atomic E-state index is 0.123. The highest BCUT2D eigenvalue weighted by Gasteiger charge is 2.48. The lowest BCUT2D eigenvalue weighted by atomic mass is 9.77. The zero-order valence-corrected chi connectivity index (χ0v) is 25.6. The first-order valence-corrected chi connectivity index (χ1v) is 16.4. The van der Waals surface area contributed by atoms with Gasteiger partial charge >= 0.3 is 0 Å². The molecular formula is C24H30Br4O4S. The maximum Gasteiger partial charge on any atom is 0.199 e. The Kier molecular flexibility index (Phi) is 8.08. The first kappa shape index (κ1) is 26.5. The summed E-state index contributed by atoms with van der Waals surface area (Å²) >= 11 is 14.5. The Bertz CT molecular complexity index is 957. The topological polar surface area (TPSA) is 74.6 Å². The van der Waals surface area contributed by atoms with E-state index >= 15 is 0 Å². The fraction of sp³-hybridized carbons (Fsp3) is 0.667. The van der Waals surface area contributed by atoms with Crippen LogP contribution in [0, 0.1) is 11.8 Å². The second-order valence-corrected chi connectivity index (χ2v) is 16.4. The predicted octanol–water partition coefficient (Wildman–Crippen LogP) is 8.73. The second kappa shape index (κ2) is 10.1. The number of allylic oxidation sites excluding steroid dienone is 6. The average molecular weight is 734 g/mol. The fourth-order valence-electron chi connectivity index (χ4n) is 5.78. The van der Waals surface area contributed by atoms with Crippen molar-refractivity contribution in [1.82, 2.24) is 0 Å². The Morgan fingerprint density at radius 2 is 1.03 bits per heavy atom. The van der Waals surface area contributed by atoms with E-state index in [9.17, 15) is 18.6 Å². The zero-order valence-electron chi connectivity index (χ0n) is 18.4. The van der Waals surface area contributed by atoms with Crippen LogP contribution in [0.1, 0.15) is 77.0 Å². The SMILES string of the molecule is O=S(=O)(C1=CC(Br)(C2CCCCC2)C(O)=C(Br)C1)C1=CC(Br)(C2CCCCC2)C(O)=C(Br)C1. The van der Waals surface area contributed by atoms with Crippen molar-refractivity contribution in [1.29, 1.82) is 0 Å². The van der Waals surface area contributed by atoms with E-state index in [4.69, 9.17) is 0 Å². The van der Waals surface area contributed by atoms with E-state index in [0.717, 1.165) is 51.4 Å². The Hall–Kier alpha value is 0.430. The lowest BCUT2D eigenvalue weighted by Gasteiger charge is -2.40. The molecule has 184 valence electrons. The van der Waals surface area contributed by atoms with Crippen LogP contribution in [-0.4, -0.2) is 27.3 Å². The van der Waals surface area contributed by atoms with Crippen LogP contribution in [0.2, 0.25) is 0 Å². The molecule has 33 heavy (non-hydrogen) atoms. The summed E-state index contributed by atoms with van der Waals surface area (Å²) in [6.45, 7) is 0. The van der Waals surface area contributed by atoms with Crippen molar-refractivity contribution in [2.24, 2.45) is 11.8 Å². The number of aliphatic hydroxyl groups excluding tert-OH is 2. The number of aliphatic hydroxyl groups is 2. The van der Waals surface area contributed by atoms with E-state index in [1.807, 2.05) is 0 Å². The van der Waals surface area contributed by atoms with Gasteiger partial charge in [-0.05, 0) is 49.7 Å².